The van der Waals surface area contributed by atoms with Gasteiger partial charge in [-0.05, 0) is 24.1 Å². The van der Waals surface area contributed by atoms with Crippen LogP contribution in [0.25, 0.3) is 0 Å². The molecule has 0 aliphatic carbocycles. The highest BCUT2D eigenvalue weighted by Gasteiger charge is 2.07. The van der Waals surface area contributed by atoms with E-state index in [4.69, 9.17) is 9.84 Å². The highest BCUT2D eigenvalue weighted by atomic mass is 19.1. The Balaban J connectivity index is 2.47. The van der Waals surface area contributed by atoms with E-state index in [2.05, 4.69) is 0 Å². The third kappa shape index (κ3) is 3.82. The SMILES string of the molecule is O=C(OC/C(=C\F)CCO)c1ccccc1. The van der Waals surface area contributed by atoms with E-state index in [0.717, 1.165) is 0 Å². The molecule has 0 aromatic heterocycles. The number of benzene rings is 1. The fourth-order valence-corrected chi connectivity index (χ4v) is 1.12. The Morgan fingerprint density at radius 1 is 1.38 bits per heavy atom. The molecule has 0 unspecified atom stereocenters. The third-order valence-corrected chi connectivity index (χ3v) is 1.99. The van der Waals surface area contributed by atoms with Gasteiger partial charge in [-0.1, -0.05) is 18.2 Å². The Hall–Kier alpha value is -1.68. The van der Waals surface area contributed by atoms with E-state index in [9.17, 15) is 9.18 Å². The Labute approximate surface area is 93.2 Å². The van der Waals surface area contributed by atoms with Crippen molar-refractivity contribution in [3.8, 4) is 0 Å². The van der Waals surface area contributed by atoms with Crippen molar-refractivity contribution in [1.29, 1.82) is 0 Å². The van der Waals surface area contributed by atoms with Crippen molar-refractivity contribution in [2.75, 3.05) is 13.2 Å². The first-order chi connectivity index (χ1) is 7.77. The summed E-state index contributed by atoms with van der Waals surface area (Å²) in [5, 5.41) is 8.60. The molecule has 0 saturated carbocycles. The molecule has 0 atom stereocenters. The van der Waals surface area contributed by atoms with Crippen molar-refractivity contribution in [2.45, 2.75) is 6.42 Å². The summed E-state index contributed by atoms with van der Waals surface area (Å²) in [5.41, 5.74) is 0.677. The monoisotopic (exact) mass is 224 g/mol. The summed E-state index contributed by atoms with van der Waals surface area (Å²) in [6.07, 6.45) is 0.521. The second-order valence-corrected chi connectivity index (χ2v) is 3.18. The predicted molar refractivity (Wildman–Crippen MR) is 57.6 cm³/mol. The zero-order valence-corrected chi connectivity index (χ0v) is 8.73. The standard InChI is InChI=1S/C12H13FO3/c13-8-10(6-7-14)9-16-12(15)11-4-2-1-3-5-11/h1-5,8,14H,6-7,9H2/b10-8-. The van der Waals surface area contributed by atoms with Crippen LogP contribution in [0.3, 0.4) is 0 Å². The van der Waals surface area contributed by atoms with Gasteiger partial charge in [0.1, 0.15) is 6.61 Å². The minimum atomic E-state index is -0.502. The Kier molecular flexibility index (Phi) is 5.22. The zero-order valence-electron chi connectivity index (χ0n) is 8.73. The van der Waals surface area contributed by atoms with Gasteiger partial charge >= 0.3 is 5.97 Å². The van der Waals surface area contributed by atoms with Crippen molar-refractivity contribution in [1.82, 2.24) is 0 Å². The van der Waals surface area contributed by atoms with Crippen molar-refractivity contribution in [2.24, 2.45) is 0 Å². The average molecular weight is 224 g/mol. The highest BCUT2D eigenvalue weighted by molar-refractivity contribution is 5.89. The van der Waals surface area contributed by atoms with E-state index < -0.39 is 5.97 Å². The number of aliphatic hydroxyl groups is 1. The number of aliphatic hydroxyl groups excluding tert-OH is 1. The van der Waals surface area contributed by atoms with Gasteiger partial charge in [0.15, 0.2) is 0 Å². The first-order valence-electron chi connectivity index (χ1n) is 4.89. The molecule has 3 nitrogen and oxygen atoms in total. The quantitative estimate of drug-likeness (QED) is 0.779. The summed E-state index contributed by atoms with van der Waals surface area (Å²) in [6.45, 7) is -0.302. The minimum Gasteiger partial charge on any atom is -0.457 e. The van der Waals surface area contributed by atoms with Crippen LogP contribution in [0.5, 0.6) is 0 Å². The van der Waals surface area contributed by atoms with E-state index in [0.29, 0.717) is 11.9 Å². The summed E-state index contributed by atoms with van der Waals surface area (Å²) in [7, 11) is 0. The van der Waals surface area contributed by atoms with E-state index >= 15 is 0 Å². The van der Waals surface area contributed by atoms with Gasteiger partial charge in [-0.2, -0.15) is 0 Å². The average Bonchev–Trinajstić information content (AvgIpc) is 2.35. The maximum Gasteiger partial charge on any atom is 0.338 e. The summed E-state index contributed by atoms with van der Waals surface area (Å²) >= 11 is 0. The molecule has 1 aromatic carbocycles. The van der Waals surface area contributed by atoms with Crippen LogP contribution in [0.1, 0.15) is 16.8 Å². The second kappa shape index (κ2) is 6.74. The van der Waals surface area contributed by atoms with Gasteiger partial charge < -0.3 is 9.84 Å². The molecule has 1 aromatic rings. The molecule has 0 saturated heterocycles. The van der Waals surface area contributed by atoms with E-state index in [1.807, 2.05) is 0 Å². The molecule has 86 valence electrons. The van der Waals surface area contributed by atoms with Crippen molar-refractivity contribution in [3.05, 3.63) is 47.8 Å². The topological polar surface area (TPSA) is 46.5 Å². The number of carbonyl (C=O) groups is 1. The highest BCUT2D eigenvalue weighted by Crippen LogP contribution is 2.06. The fraction of sp³-hybridized carbons (Fsp3) is 0.250. The number of rotatable bonds is 5. The van der Waals surface area contributed by atoms with Crippen LogP contribution in [-0.4, -0.2) is 24.3 Å². The van der Waals surface area contributed by atoms with E-state index in [1.165, 1.54) is 0 Å². The predicted octanol–water partition coefficient (Wildman–Crippen LogP) is 2.08. The fourth-order valence-electron chi connectivity index (χ4n) is 1.12. The molecule has 1 rings (SSSR count). The third-order valence-electron chi connectivity index (χ3n) is 1.99. The van der Waals surface area contributed by atoms with Crippen LogP contribution in [0.15, 0.2) is 42.2 Å². The minimum absolute atomic E-state index is 0.134. The number of esters is 1. The summed E-state index contributed by atoms with van der Waals surface area (Å²) in [4.78, 5) is 11.4. The van der Waals surface area contributed by atoms with Gasteiger partial charge in [-0.15, -0.1) is 0 Å². The first kappa shape index (κ1) is 12.4. The van der Waals surface area contributed by atoms with Gasteiger partial charge in [0.25, 0.3) is 0 Å². The largest absolute Gasteiger partial charge is 0.457 e. The van der Waals surface area contributed by atoms with Crippen molar-refractivity contribution < 1.29 is 19.0 Å². The molecule has 1 N–H and O–H groups in total. The number of halogens is 1. The van der Waals surface area contributed by atoms with Crippen LogP contribution in [0, 0.1) is 0 Å². The van der Waals surface area contributed by atoms with E-state index in [-0.39, 0.29) is 25.2 Å². The van der Waals surface area contributed by atoms with Crippen LogP contribution in [-0.2, 0) is 4.74 Å². The Morgan fingerprint density at radius 3 is 2.62 bits per heavy atom. The normalized spacial score (nSPS) is 11.2. The lowest BCUT2D eigenvalue weighted by Gasteiger charge is -2.06. The molecule has 0 spiro atoms. The molecular formula is C12H13FO3. The number of carbonyl (C=O) groups excluding carboxylic acids is 1. The summed E-state index contributed by atoms with van der Waals surface area (Å²) < 4.78 is 17.1. The molecule has 0 amide bonds. The maximum atomic E-state index is 12.2. The van der Waals surface area contributed by atoms with E-state index in [1.54, 1.807) is 30.3 Å². The lowest BCUT2D eigenvalue weighted by molar-refractivity contribution is 0.0534. The first-order valence-corrected chi connectivity index (χ1v) is 4.89. The van der Waals surface area contributed by atoms with Crippen molar-refractivity contribution in [3.63, 3.8) is 0 Å². The van der Waals surface area contributed by atoms with Crippen LogP contribution in [0.4, 0.5) is 4.39 Å². The molecule has 0 aliphatic heterocycles. The molecule has 16 heavy (non-hydrogen) atoms. The number of hydrogen-bond acceptors (Lipinski definition) is 3. The molecule has 0 bridgehead atoms. The zero-order chi connectivity index (χ0) is 11.8. The molecular weight excluding hydrogens is 211 g/mol. The lowest BCUT2D eigenvalue weighted by Crippen LogP contribution is -2.08. The van der Waals surface area contributed by atoms with Gasteiger partial charge in [0, 0.05) is 6.61 Å². The van der Waals surface area contributed by atoms with Crippen LogP contribution in [0.2, 0.25) is 0 Å². The van der Waals surface area contributed by atoms with Gasteiger partial charge in [-0.3, -0.25) is 0 Å². The van der Waals surface area contributed by atoms with Crippen LogP contribution < -0.4 is 0 Å². The number of ether oxygens (including phenoxy) is 1. The maximum absolute atomic E-state index is 12.2. The molecule has 0 heterocycles. The molecule has 0 fully saturated rings. The number of hydrogen-bond donors (Lipinski definition) is 1. The van der Waals surface area contributed by atoms with Gasteiger partial charge in [0.05, 0.1) is 11.9 Å². The Bertz CT molecular complexity index is 360. The van der Waals surface area contributed by atoms with Gasteiger partial charge in [-0.25, -0.2) is 9.18 Å². The van der Waals surface area contributed by atoms with Crippen molar-refractivity contribution >= 4 is 5.97 Å². The van der Waals surface area contributed by atoms with Crippen LogP contribution >= 0.6 is 0 Å². The molecule has 0 radical (unpaired) electrons. The Morgan fingerprint density at radius 2 is 2.06 bits per heavy atom. The van der Waals surface area contributed by atoms with Gasteiger partial charge in [0.2, 0.25) is 0 Å². The smallest absolute Gasteiger partial charge is 0.338 e. The lowest BCUT2D eigenvalue weighted by atomic mass is 10.2. The summed E-state index contributed by atoms with van der Waals surface area (Å²) in [6, 6.07) is 8.46. The summed E-state index contributed by atoms with van der Waals surface area (Å²) in [5.74, 6) is -0.502. The second-order valence-electron chi connectivity index (χ2n) is 3.18. The molecule has 0 aliphatic rings. The molecule has 4 heteroatoms.